The lowest BCUT2D eigenvalue weighted by atomic mass is 10.1. The highest BCUT2D eigenvalue weighted by Gasteiger charge is 2.33. The van der Waals surface area contributed by atoms with Crippen LogP contribution in [0, 0.1) is 0 Å². The van der Waals surface area contributed by atoms with Gasteiger partial charge in [-0.3, -0.25) is 9.59 Å². The second-order valence-corrected chi connectivity index (χ2v) is 9.98. The minimum absolute atomic E-state index is 0.0815. The van der Waals surface area contributed by atoms with E-state index in [-0.39, 0.29) is 23.4 Å². The van der Waals surface area contributed by atoms with E-state index in [1.54, 1.807) is 30.0 Å². The fraction of sp³-hybridized carbons (Fsp3) is 0.160. The van der Waals surface area contributed by atoms with E-state index < -0.39 is 28.6 Å². The highest BCUT2D eigenvalue weighted by atomic mass is 79.9. The molecule has 3 aromatic rings. The van der Waals surface area contributed by atoms with Gasteiger partial charge in [0.05, 0.1) is 34.7 Å². The normalized spacial score (nSPS) is 11.5. The Balaban J connectivity index is 1.71. The van der Waals surface area contributed by atoms with Gasteiger partial charge in [0.2, 0.25) is 0 Å². The van der Waals surface area contributed by atoms with Crippen molar-refractivity contribution in [2.45, 2.75) is 11.9 Å². The number of rotatable bonds is 9. The van der Waals surface area contributed by atoms with E-state index in [0.29, 0.717) is 21.5 Å². The van der Waals surface area contributed by atoms with Crippen LogP contribution in [0.15, 0.2) is 70.2 Å². The first-order valence-corrected chi connectivity index (χ1v) is 13.0. The Morgan fingerprint density at radius 3 is 2.46 bits per heavy atom. The highest BCUT2D eigenvalue weighted by molar-refractivity contribution is 9.10. The molecule has 6 nitrogen and oxygen atoms in total. The molecule has 12 heteroatoms. The maximum Gasteiger partial charge on any atom is 0.417 e. The van der Waals surface area contributed by atoms with Crippen molar-refractivity contribution in [3.05, 3.63) is 98.0 Å². The van der Waals surface area contributed by atoms with Crippen molar-refractivity contribution in [1.82, 2.24) is 5.43 Å². The second-order valence-electron chi connectivity index (χ2n) is 7.55. The smallest absolute Gasteiger partial charge is 0.396 e. The molecule has 0 unspecified atom stereocenters. The van der Waals surface area contributed by atoms with Gasteiger partial charge in [-0.05, 0) is 53.6 Å². The molecule has 0 saturated heterocycles. The van der Waals surface area contributed by atoms with Gasteiger partial charge in [0, 0.05) is 21.5 Å². The zero-order valence-corrected chi connectivity index (χ0v) is 22.1. The van der Waals surface area contributed by atoms with Crippen LogP contribution in [-0.2, 0) is 11.9 Å². The summed E-state index contributed by atoms with van der Waals surface area (Å²) >= 11 is 10.5. The van der Waals surface area contributed by atoms with Crippen molar-refractivity contribution in [3.63, 3.8) is 0 Å². The summed E-state index contributed by atoms with van der Waals surface area (Å²) in [6, 6.07) is 14.8. The number of carbonyl (C=O) groups excluding carboxylic acids is 2. The number of amides is 2. The first kappa shape index (κ1) is 28.7. The molecule has 0 aliphatic heterocycles. The lowest BCUT2D eigenvalue weighted by molar-refractivity contribution is -0.137. The lowest BCUT2D eigenvalue weighted by Crippen LogP contribution is -2.21. The van der Waals surface area contributed by atoms with Crippen LogP contribution in [0.25, 0.3) is 0 Å². The molecule has 0 atom stereocenters. The summed E-state index contributed by atoms with van der Waals surface area (Å²) in [5.74, 6) is 0.201. The second kappa shape index (κ2) is 13.1. The molecule has 0 fully saturated rings. The third-order valence-electron chi connectivity index (χ3n) is 4.87. The Kier molecular flexibility index (Phi) is 10.2. The average molecular weight is 615 g/mol. The number of nitrogens with one attached hydrogen (secondary N) is 2. The van der Waals surface area contributed by atoms with Crippen LogP contribution in [0.1, 0.15) is 37.4 Å². The third kappa shape index (κ3) is 8.32. The van der Waals surface area contributed by atoms with Crippen LogP contribution in [0.4, 0.5) is 18.9 Å². The summed E-state index contributed by atoms with van der Waals surface area (Å²) in [6.07, 6.45) is -3.58. The largest absolute Gasteiger partial charge is 0.417 e. The number of hydrazone groups is 1. The average Bonchev–Trinajstić information content (AvgIpc) is 2.86. The standard InChI is InChI=1S/C25H20BrClF3N3O3S/c26-18-6-8-22(32-23(35)17-4-1-15(2-5-17)14-37-10-9-34)19(12-18)24(36)33-31-13-16-3-7-21(27)20(11-16)25(28,29)30/h1-8,11-13,34H,9-10,14H2,(H,32,35)(H,33,36)/b31-13-. The Hall–Kier alpha value is -2.86. The number of hydrogen-bond donors (Lipinski definition) is 3. The van der Waals surface area contributed by atoms with Crippen molar-refractivity contribution < 1.29 is 27.9 Å². The lowest BCUT2D eigenvalue weighted by Gasteiger charge is -2.11. The van der Waals surface area contributed by atoms with Crippen LogP contribution in [0.2, 0.25) is 5.02 Å². The van der Waals surface area contributed by atoms with Gasteiger partial charge in [-0.15, -0.1) is 0 Å². The van der Waals surface area contributed by atoms with Crippen LogP contribution in [0.3, 0.4) is 0 Å². The zero-order chi connectivity index (χ0) is 27.0. The SMILES string of the molecule is O=C(Nc1ccc(Br)cc1C(=O)N/N=C\c1ccc(Cl)c(C(F)(F)F)c1)c1ccc(CSCCO)cc1. The molecular weight excluding hydrogens is 595 g/mol. The maximum absolute atomic E-state index is 13.0. The van der Waals surface area contributed by atoms with Crippen molar-refractivity contribution in [3.8, 4) is 0 Å². The van der Waals surface area contributed by atoms with Crippen molar-refractivity contribution in [1.29, 1.82) is 0 Å². The van der Waals surface area contributed by atoms with Gasteiger partial charge in [0.15, 0.2) is 0 Å². The molecule has 3 rings (SSSR count). The first-order valence-electron chi connectivity index (χ1n) is 10.7. The van der Waals surface area contributed by atoms with Gasteiger partial charge in [-0.2, -0.15) is 30.0 Å². The van der Waals surface area contributed by atoms with E-state index in [1.165, 1.54) is 18.2 Å². The van der Waals surface area contributed by atoms with Gasteiger partial charge < -0.3 is 10.4 Å². The van der Waals surface area contributed by atoms with E-state index in [9.17, 15) is 22.8 Å². The Labute approximate surface area is 228 Å². The molecule has 3 aromatic carbocycles. The number of aliphatic hydroxyl groups is 1. The Morgan fingerprint density at radius 2 is 1.78 bits per heavy atom. The molecule has 0 heterocycles. The molecule has 0 aliphatic carbocycles. The molecule has 0 radical (unpaired) electrons. The maximum atomic E-state index is 13.0. The van der Waals surface area contributed by atoms with Gasteiger partial charge in [0.25, 0.3) is 11.8 Å². The molecular formula is C25H20BrClF3N3O3S. The number of nitrogens with zero attached hydrogens (tertiary/aromatic N) is 1. The Bertz CT molecular complexity index is 1300. The molecule has 0 spiro atoms. The number of alkyl halides is 3. The fourth-order valence-corrected chi connectivity index (χ4v) is 4.37. The minimum Gasteiger partial charge on any atom is -0.396 e. The van der Waals surface area contributed by atoms with Crippen molar-refractivity contribution in [2.75, 3.05) is 17.7 Å². The predicted molar refractivity (Wildman–Crippen MR) is 143 cm³/mol. The summed E-state index contributed by atoms with van der Waals surface area (Å²) in [7, 11) is 0. The van der Waals surface area contributed by atoms with Crippen LogP contribution < -0.4 is 10.7 Å². The third-order valence-corrected chi connectivity index (χ3v) is 6.70. The van der Waals surface area contributed by atoms with Gasteiger partial charge in [-0.1, -0.05) is 45.7 Å². The molecule has 0 bridgehead atoms. The number of benzene rings is 3. The number of thioether (sulfide) groups is 1. The number of aliphatic hydroxyl groups excluding tert-OH is 1. The highest BCUT2D eigenvalue weighted by Crippen LogP contribution is 2.34. The molecule has 194 valence electrons. The van der Waals surface area contributed by atoms with E-state index in [4.69, 9.17) is 16.7 Å². The molecule has 2 amide bonds. The monoisotopic (exact) mass is 613 g/mol. The zero-order valence-electron chi connectivity index (χ0n) is 19.0. The van der Waals surface area contributed by atoms with Crippen LogP contribution in [0.5, 0.6) is 0 Å². The quantitative estimate of drug-likeness (QED) is 0.149. The molecule has 37 heavy (non-hydrogen) atoms. The Morgan fingerprint density at radius 1 is 1.05 bits per heavy atom. The molecule has 0 aromatic heterocycles. The minimum atomic E-state index is -4.63. The summed E-state index contributed by atoms with van der Waals surface area (Å²) in [4.78, 5) is 25.5. The first-order chi connectivity index (χ1) is 17.6. The van der Waals surface area contributed by atoms with E-state index in [1.807, 2.05) is 12.1 Å². The van der Waals surface area contributed by atoms with Crippen LogP contribution >= 0.6 is 39.3 Å². The van der Waals surface area contributed by atoms with E-state index in [0.717, 1.165) is 23.9 Å². The van der Waals surface area contributed by atoms with Crippen LogP contribution in [-0.4, -0.2) is 35.5 Å². The number of halogens is 5. The fourth-order valence-electron chi connectivity index (χ4n) is 3.08. The number of anilines is 1. The van der Waals surface area contributed by atoms with Gasteiger partial charge in [0.1, 0.15) is 0 Å². The van der Waals surface area contributed by atoms with Crippen molar-refractivity contribution in [2.24, 2.45) is 5.10 Å². The molecule has 0 aliphatic rings. The summed E-state index contributed by atoms with van der Waals surface area (Å²) in [5, 5.41) is 14.9. The number of hydrogen-bond acceptors (Lipinski definition) is 5. The van der Waals surface area contributed by atoms with Crippen molar-refractivity contribution >= 4 is 63.0 Å². The topological polar surface area (TPSA) is 90.8 Å². The number of carbonyl (C=O) groups is 2. The predicted octanol–water partition coefficient (Wildman–Crippen LogP) is 6.36. The van der Waals surface area contributed by atoms with E-state index in [2.05, 4.69) is 31.8 Å². The van der Waals surface area contributed by atoms with Gasteiger partial charge >= 0.3 is 6.18 Å². The summed E-state index contributed by atoms with van der Waals surface area (Å²) < 4.78 is 39.7. The van der Waals surface area contributed by atoms with E-state index >= 15 is 0 Å². The summed E-state index contributed by atoms with van der Waals surface area (Å²) in [6.45, 7) is 0.0969. The van der Waals surface area contributed by atoms with Gasteiger partial charge in [-0.25, -0.2) is 5.43 Å². The summed E-state index contributed by atoms with van der Waals surface area (Å²) in [5.41, 5.74) is 3.01. The molecule has 3 N–H and O–H groups in total. The molecule has 0 saturated carbocycles.